The Bertz CT molecular complexity index is 1410. The highest BCUT2D eigenvalue weighted by Gasteiger charge is 2.15. The van der Waals surface area contributed by atoms with Gasteiger partial charge in [-0.15, -0.1) is 0 Å². The molecule has 0 fully saturated rings. The molecule has 0 bridgehead atoms. The van der Waals surface area contributed by atoms with Crippen molar-refractivity contribution in [2.24, 2.45) is 10.7 Å². The molecule has 0 aliphatic heterocycles. The summed E-state index contributed by atoms with van der Waals surface area (Å²) in [5.41, 5.74) is 9.47. The van der Waals surface area contributed by atoms with Crippen LogP contribution in [0, 0.1) is 0 Å². The number of hydrogen-bond donors (Lipinski definition) is 1. The molecule has 1 aliphatic rings. The molecule has 0 atom stereocenters. The van der Waals surface area contributed by atoms with Gasteiger partial charge < -0.3 is 10.3 Å². The van der Waals surface area contributed by atoms with Gasteiger partial charge in [0.1, 0.15) is 36.2 Å². The fraction of sp³-hybridized carbons (Fsp3) is 0.190. The molecule has 3 heterocycles. The van der Waals surface area contributed by atoms with Gasteiger partial charge in [0.15, 0.2) is 5.65 Å². The van der Waals surface area contributed by atoms with Gasteiger partial charge in [-0.3, -0.25) is 14.5 Å². The van der Waals surface area contributed by atoms with E-state index in [0.29, 0.717) is 39.4 Å². The zero-order valence-corrected chi connectivity index (χ0v) is 16.9. The summed E-state index contributed by atoms with van der Waals surface area (Å²) in [5, 5.41) is 1.93. The van der Waals surface area contributed by atoms with E-state index in [2.05, 4.69) is 51.7 Å². The molecule has 2 N–H and O–H groups in total. The lowest BCUT2D eigenvalue weighted by molar-refractivity contribution is 0.703. The van der Waals surface area contributed by atoms with Gasteiger partial charge in [0.05, 0.1) is 18.2 Å². The molecule has 1 aliphatic carbocycles. The molecule has 0 spiro atoms. The molecular formula is C21H21BN8. The van der Waals surface area contributed by atoms with Crippen LogP contribution in [0.4, 0.5) is 0 Å². The van der Waals surface area contributed by atoms with E-state index in [-0.39, 0.29) is 0 Å². The fourth-order valence-corrected chi connectivity index (χ4v) is 3.55. The molecule has 0 aromatic carbocycles. The van der Waals surface area contributed by atoms with Crippen molar-refractivity contribution in [3.05, 3.63) is 64.4 Å². The van der Waals surface area contributed by atoms with Gasteiger partial charge in [-0.25, -0.2) is 15.0 Å². The standard InChI is InChI=1S/C21H21BN8/c1-13-7-5-4-6-8-16(13)30-14(2)18(24-3)15(9-23)28-17(30)10-29-12-27-19-20(22)25-11-26-21(19)29/h4-5,7-9,11-12H,2,6,10,23H2,1,3H3. The fourth-order valence-electron chi connectivity index (χ4n) is 3.55. The summed E-state index contributed by atoms with van der Waals surface area (Å²) in [6.45, 7) is 6.75. The van der Waals surface area contributed by atoms with E-state index < -0.39 is 0 Å². The molecular weight excluding hydrogens is 375 g/mol. The minimum absolute atomic E-state index is 0.338. The molecule has 3 aromatic heterocycles. The Balaban J connectivity index is 1.99. The van der Waals surface area contributed by atoms with Crippen LogP contribution in [0.5, 0.6) is 0 Å². The zero-order chi connectivity index (χ0) is 21.3. The lowest BCUT2D eigenvalue weighted by Crippen LogP contribution is -2.49. The largest absolute Gasteiger partial charge is 0.403 e. The quantitative estimate of drug-likeness (QED) is 0.588. The molecule has 0 saturated heterocycles. The highest BCUT2D eigenvalue weighted by molar-refractivity contribution is 6.36. The van der Waals surface area contributed by atoms with Crippen LogP contribution in [0.25, 0.3) is 29.6 Å². The van der Waals surface area contributed by atoms with Gasteiger partial charge in [0.25, 0.3) is 0 Å². The number of nitrogens with zero attached hydrogens (tertiary/aromatic N) is 7. The molecule has 9 heteroatoms. The number of rotatable bonds is 3. The summed E-state index contributed by atoms with van der Waals surface area (Å²) in [5.74, 6) is 0.724. The number of imidazole rings is 1. The number of allylic oxidation sites excluding steroid dienone is 6. The van der Waals surface area contributed by atoms with Crippen molar-refractivity contribution < 1.29 is 0 Å². The van der Waals surface area contributed by atoms with Crippen molar-refractivity contribution in [2.45, 2.75) is 19.9 Å². The maximum Gasteiger partial charge on any atom is 0.162 e. The number of hydrogen-bond acceptors (Lipinski definition) is 6. The first kappa shape index (κ1) is 19.6. The Labute approximate surface area is 174 Å². The van der Waals surface area contributed by atoms with Gasteiger partial charge in [0, 0.05) is 24.5 Å². The minimum atomic E-state index is 0.338. The van der Waals surface area contributed by atoms with Crippen LogP contribution >= 0.6 is 0 Å². The average molecular weight is 396 g/mol. The molecule has 2 radical (unpaired) electrons. The summed E-state index contributed by atoms with van der Waals surface area (Å²) in [4.78, 5) is 21.9. The highest BCUT2D eigenvalue weighted by atomic mass is 15.2. The second-order valence-electron chi connectivity index (χ2n) is 6.84. The van der Waals surface area contributed by atoms with Crippen LogP contribution in [-0.2, 0) is 6.54 Å². The predicted octanol–water partition coefficient (Wildman–Crippen LogP) is -0.750. The van der Waals surface area contributed by atoms with Crippen molar-refractivity contribution in [2.75, 3.05) is 7.05 Å². The lowest BCUT2D eigenvalue weighted by Gasteiger charge is -2.18. The summed E-state index contributed by atoms with van der Waals surface area (Å²) in [6, 6.07) is 0. The van der Waals surface area contributed by atoms with Crippen molar-refractivity contribution in [1.29, 1.82) is 0 Å². The third-order valence-corrected chi connectivity index (χ3v) is 4.99. The second kappa shape index (κ2) is 7.94. The number of fused-ring (bicyclic) bond motifs is 1. The van der Waals surface area contributed by atoms with Crippen LogP contribution in [0.1, 0.15) is 19.2 Å². The van der Waals surface area contributed by atoms with Crippen LogP contribution in [0.15, 0.2) is 47.5 Å². The smallest absolute Gasteiger partial charge is 0.162 e. The molecule has 0 amide bonds. The van der Waals surface area contributed by atoms with E-state index in [9.17, 15) is 0 Å². The van der Waals surface area contributed by atoms with Crippen LogP contribution in [0.3, 0.4) is 0 Å². The van der Waals surface area contributed by atoms with E-state index in [4.69, 9.17) is 18.6 Å². The van der Waals surface area contributed by atoms with Gasteiger partial charge in [-0.2, -0.15) is 0 Å². The van der Waals surface area contributed by atoms with E-state index in [1.807, 2.05) is 15.2 Å². The Morgan fingerprint density at radius 2 is 2.17 bits per heavy atom. The normalized spacial score (nSPS) is 15.4. The van der Waals surface area contributed by atoms with Crippen LogP contribution < -0.4 is 27.4 Å². The van der Waals surface area contributed by atoms with Gasteiger partial charge in [-0.05, 0) is 18.9 Å². The van der Waals surface area contributed by atoms with E-state index in [1.54, 1.807) is 13.4 Å². The van der Waals surface area contributed by atoms with E-state index >= 15 is 0 Å². The number of nitrogens with two attached hydrogens (primary N) is 1. The van der Waals surface area contributed by atoms with E-state index in [0.717, 1.165) is 23.5 Å². The molecule has 3 aromatic rings. The Morgan fingerprint density at radius 3 is 2.93 bits per heavy atom. The molecule has 148 valence electrons. The summed E-state index contributed by atoms with van der Waals surface area (Å²) >= 11 is 0. The van der Waals surface area contributed by atoms with Crippen molar-refractivity contribution in [3.63, 3.8) is 0 Å². The van der Waals surface area contributed by atoms with E-state index in [1.165, 1.54) is 12.5 Å². The van der Waals surface area contributed by atoms with Crippen molar-refractivity contribution in [3.8, 4) is 0 Å². The summed E-state index contributed by atoms with van der Waals surface area (Å²) in [7, 11) is 7.64. The number of aromatic nitrogens is 6. The third kappa shape index (κ3) is 3.28. The highest BCUT2D eigenvalue weighted by Crippen LogP contribution is 2.19. The van der Waals surface area contributed by atoms with Crippen molar-refractivity contribution >= 4 is 43.1 Å². The Morgan fingerprint density at radius 1 is 1.33 bits per heavy atom. The van der Waals surface area contributed by atoms with Crippen LogP contribution in [-0.4, -0.2) is 44.0 Å². The van der Waals surface area contributed by atoms with Crippen molar-refractivity contribution in [1.82, 2.24) is 29.1 Å². The monoisotopic (exact) mass is 396 g/mol. The minimum Gasteiger partial charge on any atom is -0.403 e. The maximum atomic E-state index is 5.94. The zero-order valence-electron chi connectivity index (χ0n) is 16.9. The molecule has 0 unspecified atom stereocenters. The van der Waals surface area contributed by atoms with Gasteiger partial charge >= 0.3 is 0 Å². The molecule has 8 nitrogen and oxygen atoms in total. The average Bonchev–Trinajstić information content (AvgIpc) is 3.03. The van der Waals surface area contributed by atoms with Crippen LogP contribution in [0.2, 0.25) is 0 Å². The first-order chi connectivity index (χ1) is 14.5. The topological polar surface area (TPSA) is 99.8 Å². The summed E-state index contributed by atoms with van der Waals surface area (Å²) in [6.07, 6.45) is 13.7. The summed E-state index contributed by atoms with van der Waals surface area (Å²) < 4.78 is 3.90. The second-order valence-corrected chi connectivity index (χ2v) is 6.84. The molecule has 0 saturated carbocycles. The third-order valence-electron chi connectivity index (χ3n) is 4.99. The Kier molecular flexibility index (Phi) is 5.18. The molecule has 30 heavy (non-hydrogen) atoms. The maximum absolute atomic E-state index is 5.94. The lowest BCUT2D eigenvalue weighted by atomic mass is 10.0. The first-order valence-corrected chi connectivity index (χ1v) is 9.46. The Hall–Kier alpha value is -3.75. The van der Waals surface area contributed by atoms with Gasteiger partial charge in [-0.1, -0.05) is 30.9 Å². The van der Waals surface area contributed by atoms with Gasteiger partial charge in [0.2, 0.25) is 0 Å². The predicted molar refractivity (Wildman–Crippen MR) is 119 cm³/mol. The molecule has 4 rings (SSSR count). The first-order valence-electron chi connectivity index (χ1n) is 9.46. The SMILES string of the molecule is [B]c1ncnc2c1ncn2Cc1nc(=CN)c(=NC)c(=C)n1C1=CCC=CC=C1C.